The molecule has 18 heavy (non-hydrogen) atoms. The van der Waals surface area contributed by atoms with Gasteiger partial charge >= 0.3 is 0 Å². The number of nitrogens with one attached hydrogen (secondary N) is 2. The third-order valence-electron chi connectivity index (χ3n) is 3.22. The smallest absolute Gasteiger partial charge is 0.237 e. The van der Waals surface area contributed by atoms with Gasteiger partial charge in [0, 0.05) is 26.1 Å². The van der Waals surface area contributed by atoms with Gasteiger partial charge in [-0.15, -0.1) is 0 Å². The van der Waals surface area contributed by atoms with Gasteiger partial charge in [-0.1, -0.05) is 0 Å². The molecule has 5 heteroatoms. The lowest BCUT2D eigenvalue weighted by molar-refractivity contribution is -0.123. The Hall–Kier alpha value is -1.33. The fraction of sp³-hybridized carbons (Fsp3) is 0.615. The van der Waals surface area contributed by atoms with Crippen LogP contribution in [0.2, 0.25) is 0 Å². The van der Waals surface area contributed by atoms with Crippen molar-refractivity contribution in [2.45, 2.75) is 38.0 Å². The fourth-order valence-electron chi connectivity index (χ4n) is 2.21. The van der Waals surface area contributed by atoms with Gasteiger partial charge in [0.2, 0.25) is 5.91 Å². The predicted molar refractivity (Wildman–Crippen MR) is 67.2 cm³/mol. The lowest BCUT2D eigenvalue weighted by Crippen LogP contribution is -2.44. The number of ether oxygens (including phenoxy) is 1. The molecule has 0 spiro atoms. The maximum atomic E-state index is 12.0. The normalized spacial score (nSPS) is 25.0. The molecule has 0 bridgehead atoms. The summed E-state index contributed by atoms with van der Waals surface area (Å²) in [6, 6.07) is 3.68. The van der Waals surface area contributed by atoms with Crippen LogP contribution < -0.4 is 10.6 Å². The number of amides is 1. The number of carbonyl (C=O) groups excluding carboxylic acids is 1. The maximum Gasteiger partial charge on any atom is 0.237 e. The molecule has 5 nitrogen and oxygen atoms in total. The number of furan rings is 1. The van der Waals surface area contributed by atoms with Crippen molar-refractivity contribution in [3.8, 4) is 0 Å². The minimum atomic E-state index is -0.144. The Morgan fingerprint density at radius 2 is 2.56 bits per heavy atom. The Morgan fingerprint density at radius 1 is 1.72 bits per heavy atom. The van der Waals surface area contributed by atoms with Gasteiger partial charge in [0.25, 0.3) is 0 Å². The predicted octanol–water partition coefficient (Wildman–Crippen LogP) is 0.704. The number of hydrogen-bond donors (Lipinski definition) is 2. The molecule has 1 fully saturated rings. The van der Waals surface area contributed by atoms with Gasteiger partial charge in [-0.3, -0.25) is 4.79 Å². The summed E-state index contributed by atoms with van der Waals surface area (Å²) in [7, 11) is 1.67. The first kappa shape index (κ1) is 13.1. The van der Waals surface area contributed by atoms with Gasteiger partial charge in [-0.05, 0) is 25.5 Å². The Balaban J connectivity index is 1.77. The summed E-state index contributed by atoms with van der Waals surface area (Å²) in [5, 5.41) is 6.15. The first-order chi connectivity index (χ1) is 8.69. The van der Waals surface area contributed by atoms with Crippen LogP contribution in [0.1, 0.15) is 19.1 Å². The van der Waals surface area contributed by atoms with Crippen LogP contribution in [0, 0.1) is 0 Å². The summed E-state index contributed by atoms with van der Waals surface area (Å²) >= 11 is 0. The van der Waals surface area contributed by atoms with E-state index in [1.165, 1.54) is 0 Å². The molecular weight excluding hydrogens is 232 g/mol. The standard InChI is InChI=1S/C13H20N2O3/c1-9(6-10-4-3-5-18-10)15-13(16)12-7-11(17-2)8-14-12/h3-5,9,11-12,14H,6-8H2,1-2H3,(H,15,16). The SMILES string of the molecule is COC1CNC(C(=O)NC(C)Cc2ccco2)C1. The molecule has 3 atom stereocenters. The highest BCUT2D eigenvalue weighted by Gasteiger charge is 2.29. The molecule has 1 aliphatic rings. The van der Waals surface area contributed by atoms with Gasteiger partial charge in [-0.25, -0.2) is 0 Å². The fourth-order valence-corrected chi connectivity index (χ4v) is 2.21. The van der Waals surface area contributed by atoms with Crippen LogP contribution in [0.5, 0.6) is 0 Å². The second kappa shape index (κ2) is 6.02. The largest absolute Gasteiger partial charge is 0.469 e. The molecule has 0 aliphatic carbocycles. The zero-order chi connectivity index (χ0) is 13.0. The zero-order valence-corrected chi connectivity index (χ0v) is 10.8. The Labute approximate surface area is 107 Å². The van der Waals surface area contributed by atoms with Crippen molar-refractivity contribution >= 4 is 5.91 Å². The zero-order valence-electron chi connectivity index (χ0n) is 10.8. The Morgan fingerprint density at radius 3 is 3.17 bits per heavy atom. The summed E-state index contributed by atoms with van der Waals surface area (Å²) in [6.07, 6.45) is 3.22. The van der Waals surface area contributed by atoms with E-state index in [1.54, 1.807) is 13.4 Å². The molecular formula is C13H20N2O3. The van der Waals surface area contributed by atoms with Crippen molar-refractivity contribution in [2.24, 2.45) is 0 Å². The molecule has 1 aromatic heterocycles. The number of methoxy groups -OCH3 is 1. The van der Waals surface area contributed by atoms with Crippen molar-refractivity contribution in [2.75, 3.05) is 13.7 Å². The second-order valence-electron chi connectivity index (χ2n) is 4.75. The maximum absolute atomic E-state index is 12.0. The second-order valence-corrected chi connectivity index (χ2v) is 4.75. The molecule has 1 saturated heterocycles. The minimum Gasteiger partial charge on any atom is -0.469 e. The highest BCUT2D eigenvalue weighted by molar-refractivity contribution is 5.82. The van der Waals surface area contributed by atoms with E-state index in [-0.39, 0.29) is 24.1 Å². The van der Waals surface area contributed by atoms with Crippen LogP contribution in [0.4, 0.5) is 0 Å². The van der Waals surface area contributed by atoms with E-state index < -0.39 is 0 Å². The molecule has 2 N–H and O–H groups in total. The topological polar surface area (TPSA) is 63.5 Å². The molecule has 1 aliphatic heterocycles. The first-order valence-corrected chi connectivity index (χ1v) is 6.28. The van der Waals surface area contributed by atoms with E-state index in [2.05, 4.69) is 10.6 Å². The molecule has 3 unspecified atom stereocenters. The highest BCUT2D eigenvalue weighted by Crippen LogP contribution is 2.10. The van der Waals surface area contributed by atoms with Gasteiger partial charge < -0.3 is 19.8 Å². The Kier molecular flexibility index (Phi) is 4.38. The minimum absolute atomic E-state index is 0.0357. The lowest BCUT2D eigenvalue weighted by atomic mass is 10.1. The van der Waals surface area contributed by atoms with Crippen molar-refractivity contribution in [1.29, 1.82) is 0 Å². The van der Waals surface area contributed by atoms with E-state index in [4.69, 9.17) is 9.15 Å². The molecule has 100 valence electrons. The van der Waals surface area contributed by atoms with E-state index >= 15 is 0 Å². The average molecular weight is 252 g/mol. The summed E-state index contributed by atoms with van der Waals surface area (Å²) in [6.45, 7) is 2.71. The third kappa shape index (κ3) is 3.34. The van der Waals surface area contributed by atoms with Crippen LogP contribution >= 0.6 is 0 Å². The third-order valence-corrected chi connectivity index (χ3v) is 3.22. The van der Waals surface area contributed by atoms with Gasteiger partial charge in [0.1, 0.15) is 5.76 Å². The Bertz CT molecular complexity index is 378. The van der Waals surface area contributed by atoms with Crippen LogP contribution in [0.3, 0.4) is 0 Å². The lowest BCUT2D eigenvalue weighted by Gasteiger charge is -2.16. The van der Waals surface area contributed by atoms with Crippen molar-refractivity contribution < 1.29 is 13.9 Å². The number of carbonyl (C=O) groups is 1. The summed E-state index contributed by atoms with van der Waals surface area (Å²) in [5.41, 5.74) is 0. The van der Waals surface area contributed by atoms with Crippen LogP contribution in [0.15, 0.2) is 22.8 Å². The van der Waals surface area contributed by atoms with E-state index in [9.17, 15) is 4.79 Å². The molecule has 0 aromatic carbocycles. The highest BCUT2D eigenvalue weighted by atomic mass is 16.5. The molecule has 2 heterocycles. The van der Waals surface area contributed by atoms with Crippen molar-refractivity contribution in [1.82, 2.24) is 10.6 Å². The molecule has 1 amide bonds. The number of hydrogen-bond acceptors (Lipinski definition) is 4. The number of rotatable bonds is 5. The van der Waals surface area contributed by atoms with E-state index in [1.807, 2.05) is 19.1 Å². The summed E-state index contributed by atoms with van der Waals surface area (Å²) < 4.78 is 10.5. The van der Waals surface area contributed by atoms with Crippen molar-refractivity contribution in [3.63, 3.8) is 0 Å². The summed E-state index contributed by atoms with van der Waals surface area (Å²) in [5.74, 6) is 0.922. The quantitative estimate of drug-likeness (QED) is 0.810. The van der Waals surface area contributed by atoms with E-state index in [0.717, 1.165) is 18.7 Å². The van der Waals surface area contributed by atoms with Gasteiger partial charge in [-0.2, -0.15) is 0 Å². The van der Waals surface area contributed by atoms with Gasteiger partial charge in [0.05, 0.1) is 18.4 Å². The van der Waals surface area contributed by atoms with E-state index in [0.29, 0.717) is 6.42 Å². The van der Waals surface area contributed by atoms with Crippen LogP contribution in [-0.2, 0) is 16.0 Å². The van der Waals surface area contributed by atoms with Crippen molar-refractivity contribution in [3.05, 3.63) is 24.2 Å². The van der Waals surface area contributed by atoms with Gasteiger partial charge in [0.15, 0.2) is 0 Å². The molecule has 0 radical (unpaired) electrons. The molecule has 0 saturated carbocycles. The monoisotopic (exact) mass is 252 g/mol. The molecule has 1 aromatic rings. The molecule has 2 rings (SSSR count). The summed E-state index contributed by atoms with van der Waals surface area (Å²) in [4.78, 5) is 12.0. The average Bonchev–Trinajstić information content (AvgIpc) is 2.98. The first-order valence-electron chi connectivity index (χ1n) is 6.28. The van der Waals surface area contributed by atoms with Crippen LogP contribution in [-0.4, -0.2) is 37.7 Å². The van der Waals surface area contributed by atoms with Crippen LogP contribution in [0.25, 0.3) is 0 Å².